The molecule has 0 aromatic rings. The van der Waals surface area contributed by atoms with Crippen LogP contribution < -0.4 is 0 Å². The molecule has 0 aliphatic carbocycles. The smallest absolute Gasteiger partial charge is 0.286 e. The Labute approximate surface area is 87.7 Å². The van der Waals surface area contributed by atoms with Crippen LogP contribution in [-0.4, -0.2) is 19.8 Å². The second-order valence-electron chi connectivity index (χ2n) is 5.08. The molecule has 0 aromatic heterocycles. The molecule has 0 amide bonds. The molecular formula is C10H21NO2Si. The lowest BCUT2D eigenvalue weighted by molar-refractivity contribution is -0.111. The van der Waals surface area contributed by atoms with Crippen molar-refractivity contribution >= 4 is 19.8 Å². The third-order valence-corrected chi connectivity index (χ3v) is 6.89. The Balaban J connectivity index is 4.55. The average Bonchev–Trinajstić information content (AvgIpc) is 1.97. The van der Waals surface area contributed by atoms with Crippen LogP contribution >= 0.6 is 0 Å². The van der Waals surface area contributed by atoms with Gasteiger partial charge >= 0.3 is 0 Å². The normalized spacial score (nSPS) is 14.1. The summed E-state index contributed by atoms with van der Waals surface area (Å²) in [6.45, 7) is 13.8. The lowest BCUT2D eigenvalue weighted by atomic mass is 10.2. The van der Waals surface area contributed by atoms with Gasteiger partial charge in [0.1, 0.15) is 5.71 Å². The molecule has 0 N–H and O–H groups in total. The third-order valence-electron chi connectivity index (χ3n) is 2.73. The maximum atomic E-state index is 10.9. The van der Waals surface area contributed by atoms with Crippen molar-refractivity contribution in [1.29, 1.82) is 0 Å². The second-order valence-corrected chi connectivity index (χ2v) is 9.79. The van der Waals surface area contributed by atoms with Crippen LogP contribution in [0.15, 0.2) is 5.16 Å². The maximum absolute atomic E-state index is 10.9. The van der Waals surface area contributed by atoms with Gasteiger partial charge in [-0.2, -0.15) is 0 Å². The Morgan fingerprint density at radius 3 is 1.93 bits per heavy atom. The van der Waals surface area contributed by atoms with Crippen molar-refractivity contribution in [3.8, 4) is 0 Å². The van der Waals surface area contributed by atoms with Crippen LogP contribution in [0.1, 0.15) is 34.6 Å². The van der Waals surface area contributed by atoms with Gasteiger partial charge in [0.2, 0.25) is 0 Å². The van der Waals surface area contributed by atoms with E-state index in [4.69, 9.17) is 4.53 Å². The van der Waals surface area contributed by atoms with Crippen LogP contribution in [0.4, 0.5) is 0 Å². The Morgan fingerprint density at radius 1 is 1.21 bits per heavy atom. The molecule has 0 atom stereocenters. The molecule has 0 radical (unpaired) electrons. The molecule has 0 aromatic carbocycles. The number of ketones is 1. The van der Waals surface area contributed by atoms with Crippen molar-refractivity contribution in [1.82, 2.24) is 0 Å². The van der Waals surface area contributed by atoms with Gasteiger partial charge in [-0.15, -0.1) is 5.16 Å². The first-order chi connectivity index (χ1) is 6.08. The first-order valence-corrected chi connectivity index (χ1v) is 7.72. The van der Waals surface area contributed by atoms with Gasteiger partial charge in [-0.05, 0) is 25.1 Å². The van der Waals surface area contributed by atoms with E-state index in [0.29, 0.717) is 5.71 Å². The van der Waals surface area contributed by atoms with E-state index < -0.39 is 8.32 Å². The highest BCUT2D eigenvalue weighted by Gasteiger charge is 2.39. The molecule has 0 rings (SSSR count). The van der Waals surface area contributed by atoms with E-state index in [1.165, 1.54) is 6.92 Å². The van der Waals surface area contributed by atoms with Crippen molar-refractivity contribution in [2.24, 2.45) is 5.16 Å². The number of rotatable bonds is 3. The number of carbonyl (C=O) groups is 1. The van der Waals surface area contributed by atoms with Crippen LogP contribution in [-0.2, 0) is 9.32 Å². The van der Waals surface area contributed by atoms with E-state index in [1.54, 1.807) is 6.92 Å². The van der Waals surface area contributed by atoms with Gasteiger partial charge in [0.15, 0.2) is 5.78 Å². The SMILES string of the molecule is CC(=O)C(C)=NO[Si](C)(C)C(C)(C)C. The van der Waals surface area contributed by atoms with Crippen LogP contribution in [0, 0.1) is 0 Å². The lowest BCUT2D eigenvalue weighted by Crippen LogP contribution is -2.39. The molecule has 14 heavy (non-hydrogen) atoms. The Bertz CT molecular complexity index is 251. The Morgan fingerprint density at radius 2 is 1.64 bits per heavy atom. The highest BCUT2D eigenvalue weighted by Crippen LogP contribution is 2.36. The summed E-state index contributed by atoms with van der Waals surface area (Å²) in [7, 11) is -1.85. The molecule has 0 saturated heterocycles. The molecule has 0 aliphatic rings. The number of Topliss-reactive ketones (excluding diaryl/α,β-unsaturated/α-hetero) is 1. The first-order valence-electron chi connectivity index (χ1n) is 4.81. The summed E-state index contributed by atoms with van der Waals surface area (Å²) in [5.41, 5.74) is 0.440. The van der Waals surface area contributed by atoms with E-state index in [2.05, 4.69) is 39.0 Å². The van der Waals surface area contributed by atoms with E-state index in [9.17, 15) is 4.79 Å². The zero-order valence-corrected chi connectivity index (χ0v) is 11.3. The molecule has 82 valence electrons. The Hall–Kier alpha value is -0.643. The molecule has 3 nitrogen and oxygen atoms in total. The number of hydrogen-bond donors (Lipinski definition) is 0. The number of nitrogens with zero attached hydrogens (tertiary/aromatic N) is 1. The van der Waals surface area contributed by atoms with Gasteiger partial charge in [-0.1, -0.05) is 20.8 Å². The summed E-state index contributed by atoms with van der Waals surface area (Å²) in [5, 5.41) is 4.01. The molecule has 4 heteroatoms. The summed E-state index contributed by atoms with van der Waals surface area (Å²) >= 11 is 0. The molecule has 0 unspecified atom stereocenters. The zero-order valence-electron chi connectivity index (χ0n) is 10.3. The summed E-state index contributed by atoms with van der Waals surface area (Å²) in [4.78, 5) is 10.9. The molecule has 0 aliphatic heterocycles. The van der Waals surface area contributed by atoms with Gasteiger partial charge in [-0.3, -0.25) is 4.79 Å². The average molecular weight is 215 g/mol. The zero-order chi connectivity index (χ0) is 11.6. The fraction of sp³-hybridized carbons (Fsp3) is 0.800. The molecule has 0 fully saturated rings. The minimum atomic E-state index is -1.85. The monoisotopic (exact) mass is 215 g/mol. The predicted octanol–water partition coefficient (Wildman–Crippen LogP) is 2.97. The van der Waals surface area contributed by atoms with Crippen LogP contribution in [0.25, 0.3) is 0 Å². The topological polar surface area (TPSA) is 38.7 Å². The van der Waals surface area contributed by atoms with Gasteiger partial charge < -0.3 is 4.53 Å². The second kappa shape index (κ2) is 4.25. The number of hydrogen-bond acceptors (Lipinski definition) is 3. The third kappa shape index (κ3) is 3.62. The summed E-state index contributed by atoms with van der Waals surface area (Å²) < 4.78 is 5.52. The van der Waals surface area contributed by atoms with Crippen molar-refractivity contribution in [3.05, 3.63) is 0 Å². The molecule has 0 heterocycles. The highest BCUT2D eigenvalue weighted by molar-refractivity contribution is 6.74. The van der Waals surface area contributed by atoms with E-state index in [1.807, 2.05) is 0 Å². The van der Waals surface area contributed by atoms with Gasteiger partial charge in [-0.25, -0.2) is 0 Å². The quantitative estimate of drug-likeness (QED) is 0.412. The van der Waals surface area contributed by atoms with Crippen LogP contribution in [0.5, 0.6) is 0 Å². The largest absolute Gasteiger partial charge is 0.455 e. The predicted molar refractivity (Wildman–Crippen MR) is 62.1 cm³/mol. The van der Waals surface area contributed by atoms with Crippen molar-refractivity contribution < 1.29 is 9.32 Å². The fourth-order valence-corrected chi connectivity index (χ4v) is 1.02. The highest BCUT2D eigenvalue weighted by atomic mass is 28.4. The van der Waals surface area contributed by atoms with Crippen LogP contribution in [0.2, 0.25) is 18.1 Å². The fourth-order valence-electron chi connectivity index (χ4n) is 0.384. The van der Waals surface area contributed by atoms with Gasteiger partial charge in [0.25, 0.3) is 8.32 Å². The lowest BCUT2D eigenvalue weighted by Gasteiger charge is -2.33. The standard InChI is InChI=1S/C10H21NO2Si/c1-8(9(2)12)11-13-14(6,7)10(3,4)5/h1-7H3. The molecule has 0 spiro atoms. The number of oxime groups is 1. The van der Waals surface area contributed by atoms with Crippen molar-refractivity contribution in [3.63, 3.8) is 0 Å². The minimum Gasteiger partial charge on any atom is -0.455 e. The maximum Gasteiger partial charge on any atom is 0.286 e. The van der Waals surface area contributed by atoms with E-state index in [0.717, 1.165) is 0 Å². The van der Waals surface area contributed by atoms with Crippen molar-refractivity contribution in [2.45, 2.75) is 52.8 Å². The van der Waals surface area contributed by atoms with Crippen molar-refractivity contribution in [2.75, 3.05) is 0 Å². The summed E-state index contributed by atoms with van der Waals surface area (Å²) in [5.74, 6) is -0.0382. The Kier molecular flexibility index (Phi) is 4.06. The van der Waals surface area contributed by atoms with E-state index >= 15 is 0 Å². The summed E-state index contributed by atoms with van der Waals surface area (Å²) in [6.07, 6.45) is 0. The summed E-state index contributed by atoms with van der Waals surface area (Å²) in [6, 6.07) is 0. The first kappa shape index (κ1) is 13.4. The molecular weight excluding hydrogens is 194 g/mol. The molecule has 0 bridgehead atoms. The molecule has 0 saturated carbocycles. The van der Waals surface area contributed by atoms with E-state index in [-0.39, 0.29) is 10.8 Å². The number of carbonyl (C=O) groups excluding carboxylic acids is 1. The van der Waals surface area contributed by atoms with Crippen LogP contribution in [0.3, 0.4) is 0 Å². The minimum absolute atomic E-state index is 0.0382. The van der Waals surface area contributed by atoms with Gasteiger partial charge in [0.05, 0.1) is 0 Å². The van der Waals surface area contributed by atoms with Gasteiger partial charge in [0, 0.05) is 6.92 Å².